The smallest absolute Gasteiger partial charge is 0.269 e. The van der Waals surface area contributed by atoms with E-state index in [9.17, 15) is 19.7 Å². The van der Waals surface area contributed by atoms with E-state index in [-0.39, 0.29) is 5.69 Å². The van der Waals surface area contributed by atoms with Crippen LogP contribution in [0.25, 0.3) is 11.3 Å². The first-order chi connectivity index (χ1) is 13.3. The molecular weight excluding hydrogens is 360 g/mol. The van der Waals surface area contributed by atoms with Gasteiger partial charge < -0.3 is 5.32 Å². The lowest BCUT2D eigenvalue weighted by Crippen LogP contribution is -2.47. The van der Waals surface area contributed by atoms with E-state index in [0.29, 0.717) is 11.4 Å². The first-order valence-electron chi connectivity index (χ1n) is 8.51. The number of nitro benzene ring substituents is 1. The molecule has 0 atom stereocenters. The Morgan fingerprint density at radius 3 is 2.29 bits per heavy atom. The number of benzene rings is 2. The highest BCUT2D eigenvalue weighted by Crippen LogP contribution is 2.21. The molecule has 3 aromatic rings. The zero-order valence-corrected chi connectivity index (χ0v) is 15.3. The van der Waals surface area contributed by atoms with Crippen LogP contribution in [-0.2, 0) is 10.3 Å². The van der Waals surface area contributed by atoms with Gasteiger partial charge in [-0.05, 0) is 32.0 Å². The van der Waals surface area contributed by atoms with Gasteiger partial charge in [0.15, 0.2) is 0 Å². The van der Waals surface area contributed by atoms with Crippen molar-refractivity contribution in [1.82, 2.24) is 9.78 Å². The zero-order chi connectivity index (χ0) is 20.3. The molecule has 2 aromatic carbocycles. The number of rotatable bonds is 5. The van der Waals surface area contributed by atoms with E-state index in [1.165, 1.54) is 30.3 Å². The molecule has 1 N–H and O–H groups in total. The largest absolute Gasteiger partial charge is 0.324 e. The van der Waals surface area contributed by atoms with Crippen LogP contribution in [0.1, 0.15) is 13.8 Å². The molecule has 0 unspecified atom stereocenters. The van der Waals surface area contributed by atoms with Gasteiger partial charge in [-0.2, -0.15) is 5.10 Å². The van der Waals surface area contributed by atoms with Gasteiger partial charge in [0.05, 0.1) is 10.6 Å². The summed E-state index contributed by atoms with van der Waals surface area (Å²) in [7, 11) is 0. The minimum absolute atomic E-state index is 0.0780. The Bertz CT molecular complexity index is 1070. The normalized spacial score (nSPS) is 11.1. The average molecular weight is 378 g/mol. The van der Waals surface area contributed by atoms with Crippen LogP contribution >= 0.6 is 0 Å². The molecule has 0 aliphatic carbocycles. The monoisotopic (exact) mass is 378 g/mol. The fourth-order valence-electron chi connectivity index (χ4n) is 2.62. The highest BCUT2D eigenvalue weighted by molar-refractivity contribution is 5.96. The number of nitrogens with one attached hydrogen (secondary N) is 1. The lowest BCUT2D eigenvalue weighted by atomic mass is 10.0. The number of hydrogen-bond acceptors (Lipinski definition) is 5. The van der Waals surface area contributed by atoms with Gasteiger partial charge in [0.25, 0.3) is 17.2 Å². The summed E-state index contributed by atoms with van der Waals surface area (Å²) in [6, 6.07) is 17.8. The molecule has 28 heavy (non-hydrogen) atoms. The summed E-state index contributed by atoms with van der Waals surface area (Å²) >= 11 is 0. The van der Waals surface area contributed by atoms with Crippen molar-refractivity contribution in [1.29, 1.82) is 0 Å². The first-order valence-corrected chi connectivity index (χ1v) is 8.51. The summed E-state index contributed by atoms with van der Waals surface area (Å²) in [5.41, 5.74) is -0.00618. The van der Waals surface area contributed by atoms with Crippen LogP contribution in [0, 0.1) is 10.1 Å². The van der Waals surface area contributed by atoms with Crippen molar-refractivity contribution in [2.24, 2.45) is 0 Å². The molecule has 0 saturated heterocycles. The lowest BCUT2D eigenvalue weighted by molar-refractivity contribution is -0.384. The van der Waals surface area contributed by atoms with E-state index in [1.807, 2.05) is 30.3 Å². The van der Waals surface area contributed by atoms with E-state index in [2.05, 4.69) is 10.4 Å². The minimum atomic E-state index is -1.29. The van der Waals surface area contributed by atoms with Gasteiger partial charge in [-0.25, -0.2) is 4.68 Å². The van der Waals surface area contributed by atoms with Crippen LogP contribution in [0.15, 0.2) is 71.5 Å². The highest BCUT2D eigenvalue weighted by Gasteiger charge is 2.32. The molecule has 8 nitrogen and oxygen atoms in total. The SMILES string of the molecule is CC(C)(C(=O)Nc1ccc([N+](=O)[O-])cc1)n1nc(-c2ccccc2)ccc1=O. The maximum Gasteiger partial charge on any atom is 0.269 e. The summed E-state index contributed by atoms with van der Waals surface area (Å²) in [6.07, 6.45) is 0. The summed E-state index contributed by atoms with van der Waals surface area (Å²) in [6.45, 7) is 3.16. The van der Waals surface area contributed by atoms with E-state index in [1.54, 1.807) is 19.9 Å². The minimum Gasteiger partial charge on any atom is -0.324 e. The van der Waals surface area contributed by atoms with Crippen LogP contribution in [0.3, 0.4) is 0 Å². The van der Waals surface area contributed by atoms with Crippen molar-refractivity contribution in [3.8, 4) is 11.3 Å². The fourth-order valence-corrected chi connectivity index (χ4v) is 2.62. The first kappa shape index (κ1) is 19.0. The second kappa shape index (κ2) is 7.43. The van der Waals surface area contributed by atoms with Gasteiger partial charge in [-0.1, -0.05) is 30.3 Å². The lowest BCUT2D eigenvalue weighted by Gasteiger charge is -2.25. The Balaban J connectivity index is 1.90. The number of nitro groups is 1. The van der Waals surface area contributed by atoms with Gasteiger partial charge in [-0.3, -0.25) is 19.7 Å². The molecular formula is C20H18N4O4. The van der Waals surface area contributed by atoms with E-state index in [0.717, 1.165) is 10.2 Å². The molecule has 142 valence electrons. The maximum atomic E-state index is 12.8. The van der Waals surface area contributed by atoms with Crippen LogP contribution in [0.2, 0.25) is 0 Å². The second-order valence-electron chi connectivity index (χ2n) is 6.65. The van der Waals surface area contributed by atoms with Crippen molar-refractivity contribution in [3.63, 3.8) is 0 Å². The summed E-state index contributed by atoms with van der Waals surface area (Å²) in [5.74, 6) is -0.471. The molecule has 0 saturated carbocycles. The number of carbonyl (C=O) groups excluding carboxylic acids is 1. The summed E-state index contributed by atoms with van der Waals surface area (Å²) in [5, 5.41) is 17.8. The van der Waals surface area contributed by atoms with Crippen LogP contribution in [-0.4, -0.2) is 20.6 Å². The van der Waals surface area contributed by atoms with Gasteiger partial charge in [0.1, 0.15) is 5.54 Å². The van der Waals surface area contributed by atoms with E-state index >= 15 is 0 Å². The van der Waals surface area contributed by atoms with Crippen molar-refractivity contribution >= 4 is 17.3 Å². The third kappa shape index (κ3) is 3.80. The maximum absolute atomic E-state index is 12.8. The van der Waals surface area contributed by atoms with E-state index in [4.69, 9.17) is 0 Å². The average Bonchev–Trinajstić information content (AvgIpc) is 2.69. The molecule has 3 rings (SSSR count). The number of hydrogen-bond donors (Lipinski definition) is 1. The fraction of sp³-hybridized carbons (Fsp3) is 0.150. The zero-order valence-electron chi connectivity index (χ0n) is 15.3. The molecule has 8 heteroatoms. The third-order valence-corrected chi connectivity index (χ3v) is 4.29. The topological polar surface area (TPSA) is 107 Å². The number of non-ortho nitro benzene ring substituents is 1. The number of aromatic nitrogens is 2. The highest BCUT2D eigenvalue weighted by atomic mass is 16.6. The number of carbonyl (C=O) groups is 1. The Hall–Kier alpha value is -3.81. The predicted molar refractivity (Wildman–Crippen MR) is 105 cm³/mol. The van der Waals surface area contributed by atoms with Crippen LogP contribution < -0.4 is 10.9 Å². The molecule has 1 heterocycles. The van der Waals surface area contributed by atoms with Gasteiger partial charge in [0.2, 0.25) is 0 Å². The van der Waals surface area contributed by atoms with Crippen molar-refractivity contribution in [2.45, 2.75) is 19.4 Å². The molecule has 0 spiro atoms. The quantitative estimate of drug-likeness (QED) is 0.542. The third-order valence-electron chi connectivity index (χ3n) is 4.29. The predicted octanol–water partition coefficient (Wildman–Crippen LogP) is 3.19. The Kier molecular flexibility index (Phi) is 5.04. The number of amides is 1. The van der Waals surface area contributed by atoms with Gasteiger partial charge in [0, 0.05) is 29.4 Å². The molecule has 0 aliphatic rings. The Labute approximate surface area is 160 Å². The Morgan fingerprint density at radius 2 is 1.68 bits per heavy atom. The van der Waals surface area contributed by atoms with Gasteiger partial charge >= 0.3 is 0 Å². The summed E-state index contributed by atoms with van der Waals surface area (Å²) < 4.78 is 1.13. The molecule has 0 bridgehead atoms. The molecule has 1 amide bonds. The molecule has 0 fully saturated rings. The molecule has 1 aromatic heterocycles. The van der Waals surface area contributed by atoms with Gasteiger partial charge in [-0.15, -0.1) is 0 Å². The second-order valence-corrected chi connectivity index (χ2v) is 6.65. The van der Waals surface area contributed by atoms with Crippen molar-refractivity contribution in [3.05, 3.63) is 87.2 Å². The standard InChI is InChI=1S/C20H18N4O4/c1-20(2,19(26)21-15-8-10-16(11-9-15)24(27)28)23-18(25)13-12-17(22-23)14-6-4-3-5-7-14/h3-13H,1-2H3,(H,21,26). The summed E-state index contributed by atoms with van der Waals surface area (Å²) in [4.78, 5) is 35.4. The molecule has 0 radical (unpaired) electrons. The van der Waals surface area contributed by atoms with Crippen molar-refractivity contribution < 1.29 is 9.72 Å². The van der Waals surface area contributed by atoms with Crippen LogP contribution in [0.4, 0.5) is 11.4 Å². The number of nitrogens with zero attached hydrogens (tertiary/aromatic N) is 3. The Morgan fingerprint density at radius 1 is 1.04 bits per heavy atom. The molecule has 0 aliphatic heterocycles. The van der Waals surface area contributed by atoms with Crippen molar-refractivity contribution in [2.75, 3.05) is 5.32 Å². The van der Waals surface area contributed by atoms with E-state index < -0.39 is 21.9 Å². The number of anilines is 1. The van der Waals surface area contributed by atoms with Crippen LogP contribution in [0.5, 0.6) is 0 Å².